The number of H-pyrrole nitrogens is 1. The van der Waals surface area contributed by atoms with Crippen molar-refractivity contribution in [1.29, 1.82) is 0 Å². The Morgan fingerprint density at radius 1 is 1.36 bits per heavy atom. The van der Waals surface area contributed by atoms with Gasteiger partial charge in [-0.15, -0.1) is 0 Å². The van der Waals surface area contributed by atoms with Gasteiger partial charge in [-0.25, -0.2) is 9.98 Å². The fraction of sp³-hybridized carbons (Fsp3) is 0.438. The zero-order valence-corrected chi connectivity index (χ0v) is 13.1. The van der Waals surface area contributed by atoms with Crippen molar-refractivity contribution in [1.82, 2.24) is 15.2 Å². The Labute approximate surface area is 130 Å². The first-order valence-electron chi connectivity index (χ1n) is 7.72. The molecule has 0 spiro atoms. The van der Waals surface area contributed by atoms with E-state index in [0.29, 0.717) is 18.4 Å². The molecule has 0 amide bonds. The summed E-state index contributed by atoms with van der Waals surface area (Å²) in [6, 6.07) is 6.39. The van der Waals surface area contributed by atoms with Gasteiger partial charge in [-0.1, -0.05) is 19.9 Å². The molecule has 1 aromatic heterocycles. The Hall–Kier alpha value is -2.37. The molecule has 4 N–H and O–H groups in total. The normalized spacial score (nSPS) is 14.4. The Kier molecular flexibility index (Phi) is 4.09. The summed E-state index contributed by atoms with van der Waals surface area (Å²) in [6.07, 6.45) is 3.58. The van der Waals surface area contributed by atoms with E-state index in [2.05, 4.69) is 57.5 Å². The standard InChI is InChI=1S/C16H22N6/c1-10(2)15-20-14(21-22-15)9-18-16(17)19-13-7-6-11-4-3-5-12(11)8-13/h6-8,10H,3-5,9H2,1-2H3,(H3,17,18,19)(H,20,21,22). The summed E-state index contributed by atoms with van der Waals surface area (Å²) in [6.45, 7) is 4.50. The van der Waals surface area contributed by atoms with Gasteiger partial charge < -0.3 is 11.1 Å². The Bertz CT molecular complexity index is 686. The number of guanidine groups is 1. The van der Waals surface area contributed by atoms with Crippen LogP contribution in [0.3, 0.4) is 0 Å². The quantitative estimate of drug-likeness (QED) is 0.597. The molecule has 1 aromatic carbocycles. The number of hydrogen-bond acceptors (Lipinski definition) is 3. The number of fused-ring (bicyclic) bond motifs is 1. The Morgan fingerprint density at radius 2 is 2.18 bits per heavy atom. The highest BCUT2D eigenvalue weighted by atomic mass is 15.2. The average molecular weight is 298 g/mol. The maximum absolute atomic E-state index is 5.94. The van der Waals surface area contributed by atoms with Crippen LogP contribution in [-0.4, -0.2) is 21.1 Å². The highest BCUT2D eigenvalue weighted by Crippen LogP contribution is 2.24. The molecule has 6 nitrogen and oxygen atoms in total. The lowest BCUT2D eigenvalue weighted by Crippen LogP contribution is -2.22. The summed E-state index contributed by atoms with van der Waals surface area (Å²) in [4.78, 5) is 8.68. The highest BCUT2D eigenvalue weighted by molar-refractivity contribution is 5.92. The lowest BCUT2D eigenvalue weighted by Gasteiger charge is -2.07. The first-order valence-corrected chi connectivity index (χ1v) is 7.72. The number of aromatic nitrogens is 3. The van der Waals surface area contributed by atoms with Gasteiger partial charge in [0, 0.05) is 11.6 Å². The van der Waals surface area contributed by atoms with Crippen molar-refractivity contribution in [3.63, 3.8) is 0 Å². The lowest BCUT2D eigenvalue weighted by atomic mass is 10.1. The lowest BCUT2D eigenvalue weighted by molar-refractivity contribution is 0.780. The van der Waals surface area contributed by atoms with Crippen LogP contribution in [0.1, 0.15) is 49.0 Å². The minimum absolute atomic E-state index is 0.302. The third-order valence-corrected chi connectivity index (χ3v) is 3.84. The molecule has 0 aliphatic heterocycles. The number of aromatic amines is 1. The van der Waals surface area contributed by atoms with Gasteiger partial charge in [-0.2, -0.15) is 5.10 Å². The second kappa shape index (κ2) is 6.17. The number of rotatable bonds is 4. The van der Waals surface area contributed by atoms with E-state index in [1.807, 2.05) is 0 Å². The van der Waals surface area contributed by atoms with Crippen LogP contribution in [0.15, 0.2) is 23.2 Å². The monoisotopic (exact) mass is 298 g/mol. The van der Waals surface area contributed by atoms with Gasteiger partial charge in [-0.3, -0.25) is 5.10 Å². The van der Waals surface area contributed by atoms with Crippen LogP contribution in [0.25, 0.3) is 0 Å². The third-order valence-electron chi connectivity index (χ3n) is 3.84. The molecule has 1 aliphatic rings. The highest BCUT2D eigenvalue weighted by Gasteiger charge is 2.11. The molecular formula is C16H22N6. The van der Waals surface area contributed by atoms with Crippen LogP contribution in [0.5, 0.6) is 0 Å². The molecule has 0 fully saturated rings. The first-order chi connectivity index (χ1) is 10.6. The molecule has 0 radical (unpaired) electrons. The summed E-state index contributed by atoms with van der Waals surface area (Å²) < 4.78 is 0. The van der Waals surface area contributed by atoms with Crippen molar-refractivity contribution in [2.45, 2.75) is 45.6 Å². The van der Waals surface area contributed by atoms with E-state index in [4.69, 9.17) is 5.73 Å². The summed E-state index contributed by atoms with van der Waals surface area (Å²) >= 11 is 0. The number of anilines is 1. The minimum Gasteiger partial charge on any atom is -0.370 e. The van der Waals surface area contributed by atoms with Crippen LogP contribution in [0, 0.1) is 0 Å². The van der Waals surface area contributed by atoms with Gasteiger partial charge in [0.15, 0.2) is 11.8 Å². The molecule has 0 saturated carbocycles. The second-order valence-corrected chi connectivity index (χ2v) is 5.96. The van der Waals surface area contributed by atoms with E-state index in [9.17, 15) is 0 Å². The average Bonchev–Trinajstić information content (AvgIpc) is 3.13. The number of nitrogens with two attached hydrogens (primary N) is 1. The van der Waals surface area contributed by atoms with E-state index < -0.39 is 0 Å². The van der Waals surface area contributed by atoms with Crippen molar-refractivity contribution in [3.05, 3.63) is 41.0 Å². The predicted molar refractivity (Wildman–Crippen MR) is 87.9 cm³/mol. The molecule has 3 rings (SSSR count). The van der Waals surface area contributed by atoms with Crippen LogP contribution < -0.4 is 11.1 Å². The minimum atomic E-state index is 0.302. The van der Waals surface area contributed by atoms with Gasteiger partial charge >= 0.3 is 0 Å². The van der Waals surface area contributed by atoms with Crippen molar-refractivity contribution in [3.8, 4) is 0 Å². The van der Waals surface area contributed by atoms with Crippen LogP contribution in [0.4, 0.5) is 5.69 Å². The molecule has 6 heteroatoms. The van der Waals surface area contributed by atoms with Gasteiger partial charge in [0.1, 0.15) is 12.4 Å². The van der Waals surface area contributed by atoms with E-state index in [1.165, 1.54) is 24.0 Å². The van der Waals surface area contributed by atoms with E-state index in [-0.39, 0.29) is 0 Å². The molecule has 1 heterocycles. The van der Waals surface area contributed by atoms with Gasteiger partial charge in [0.25, 0.3) is 0 Å². The fourth-order valence-electron chi connectivity index (χ4n) is 2.64. The largest absolute Gasteiger partial charge is 0.370 e. The number of benzene rings is 1. The summed E-state index contributed by atoms with van der Waals surface area (Å²) in [7, 11) is 0. The maximum atomic E-state index is 5.94. The van der Waals surface area contributed by atoms with Crippen molar-refractivity contribution >= 4 is 11.6 Å². The maximum Gasteiger partial charge on any atom is 0.193 e. The van der Waals surface area contributed by atoms with E-state index >= 15 is 0 Å². The SMILES string of the molecule is CC(C)c1n[nH]c(CN=C(N)Nc2ccc3c(c2)CCC3)n1. The topological polar surface area (TPSA) is 92.0 Å². The number of hydrogen-bond donors (Lipinski definition) is 3. The number of aryl methyl sites for hydroxylation is 2. The number of aliphatic imine (C=N–C) groups is 1. The molecule has 1 aliphatic carbocycles. The summed E-state index contributed by atoms with van der Waals surface area (Å²) in [5.41, 5.74) is 9.79. The van der Waals surface area contributed by atoms with Gasteiger partial charge in [0.05, 0.1) is 0 Å². The third kappa shape index (κ3) is 3.27. The zero-order valence-electron chi connectivity index (χ0n) is 13.1. The van der Waals surface area contributed by atoms with Crippen molar-refractivity contribution in [2.24, 2.45) is 10.7 Å². The van der Waals surface area contributed by atoms with Gasteiger partial charge in [-0.05, 0) is 42.5 Å². The molecule has 0 unspecified atom stereocenters. The van der Waals surface area contributed by atoms with Crippen LogP contribution in [-0.2, 0) is 19.4 Å². The van der Waals surface area contributed by atoms with Crippen LogP contribution in [0.2, 0.25) is 0 Å². The zero-order chi connectivity index (χ0) is 15.5. The molecule has 22 heavy (non-hydrogen) atoms. The summed E-state index contributed by atoms with van der Waals surface area (Å²) in [5.74, 6) is 2.22. The van der Waals surface area contributed by atoms with Crippen molar-refractivity contribution in [2.75, 3.05) is 5.32 Å². The summed E-state index contributed by atoms with van der Waals surface area (Å²) in [5, 5.41) is 10.2. The smallest absolute Gasteiger partial charge is 0.193 e. The van der Waals surface area contributed by atoms with Crippen molar-refractivity contribution < 1.29 is 0 Å². The number of nitrogens with zero attached hydrogens (tertiary/aromatic N) is 3. The molecular weight excluding hydrogens is 276 g/mol. The van der Waals surface area contributed by atoms with E-state index in [1.54, 1.807) is 0 Å². The number of nitrogens with one attached hydrogen (secondary N) is 2. The second-order valence-electron chi connectivity index (χ2n) is 5.96. The fourth-order valence-corrected chi connectivity index (χ4v) is 2.64. The Morgan fingerprint density at radius 3 is 2.95 bits per heavy atom. The molecule has 0 atom stereocenters. The molecule has 2 aromatic rings. The molecule has 116 valence electrons. The molecule has 0 bridgehead atoms. The first kappa shape index (κ1) is 14.6. The van der Waals surface area contributed by atoms with E-state index in [0.717, 1.165) is 23.8 Å². The molecule has 0 saturated heterocycles. The van der Waals surface area contributed by atoms with Crippen LogP contribution >= 0.6 is 0 Å². The predicted octanol–water partition coefficient (Wildman–Crippen LogP) is 2.34. The van der Waals surface area contributed by atoms with Gasteiger partial charge in [0.2, 0.25) is 0 Å². The Balaban J connectivity index is 1.62.